The van der Waals surface area contributed by atoms with Gasteiger partial charge < -0.3 is 15.4 Å². The van der Waals surface area contributed by atoms with Gasteiger partial charge in [-0.25, -0.2) is 0 Å². The molecule has 1 aliphatic rings. The number of carbonyl (C=O) groups excluding carboxylic acids is 2. The van der Waals surface area contributed by atoms with Crippen LogP contribution in [0.1, 0.15) is 32.6 Å². The van der Waals surface area contributed by atoms with Crippen LogP contribution in [0.15, 0.2) is 0 Å². The van der Waals surface area contributed by atoms with Crippen LogP contribution in [-0.4, -0.2) is 37.6 Å². The van der Waals surface area contributed by atoms with Crippen LogP contribution in [0, 0.1) is 0 Å². The Morgan fingerprint density at radius 3 is 2.71 bits per heavy atom. The first-order chi connectivity index (χ1) is 7.63. The fraction of sp³-hybridized carbons (Fsp3) is 0.818. The van der Waals surface area contributed by atoms with Gasteiger partial charge in [-0.15, -0.1) is 12.4 Å². The Morgan fingerprint density at radius 2 is 2.18 bits per heavy atom. The Hall–Kier alpha value is -0.810. The summed E-state index contributed by atoms with van der Waals surface area (Å²) < 4.78 is 4.54. The van der Waals surface area contributed by atoms with Gasteiger partial charge in [0.15, 0.2) is 0 Å². The third kappa shape index (κ3) is 5.89. The summed E-state index contributed by atoms with van der Waals surface area (Å²) in [6.45, 7) is 2.70. The molecule has 100 valence electrons. The van der Waals surface area contributed by atoms with E-state index >= 15 is 0 Å². The van der Waals surface area contributed by atoms with Crippen molar-refractivity contribution in [1.29, 1.82) is 0 Å². The standard InChI is InChI=1S/C11H20N2O3.ClH/c1-8(7-10(14)16-2)13-11(15)9-5-3-4-6-12-9;/h8-9,12H,3-7H2,1-2H3,(H,13,15);1H/t8?,9-;/m0./s1. The lowest BCUT2D eigenvalue weighted by Crippen LogP contribution is -2.49. The maximum Gasteiger partial charge on any atom is 0.307 e. The molecule has 1 fully saturated rings. The second-order valence-electron chi connectivity index (χ2n) is 4.19. The van der Waals surface area contributed by atoms with Crippen molar-refractivity contribution >= 4 is 24.3 Å². The predicted octanol–water partition coefficient (Wildman–Crippen LogP) is 0.618. The number of rotatable bonds is 4. The average Bonchev–Trinajstić information content (AvgIpc) is 2.29. The summed E-state index contributed by atoms with van der Waals surface area (Å²) in [5, 5.41) is 5.98. The monoisotopic (exact) mass is 264 g/mol. The van der Waals surface area contributed by atoms with Crippen molar-refractivity contribution in [1.82, 2.24) is 10.6 Å². The van der Waals surface area contributed by atoms with Gasteiger partial charge in [0.2, 0.25) is 5.91 Å². The van der Waals surface area contributed by atoms with E-state index in [1.165, 1.54) is 7.11 Å². The van der Waals surface area contributed by atoms with E-state index in [2.05, 4.69) is 15.4 Å². The molecular formula is C11H21ClN2O3. The predicted molar refractivity (Wildman–Crippen MR) is 67.1 cm³/mol. The number of hydrogen-bond acceptors (Lipinski definition) is 4. The molecule has 0 bridgehead atoms. The van der Waals surface area contributed by atoms with Gasteiger partial charge >= 0.3 is 5.97 Å². The van der Waals surface area contributed by atoms with Crippen LogP contribution in [-0.2, 0) is 14.3 Å². The summed E-state index contributed by atoms with van der Waals surface area (Å²) in [6, 6.07) is -0.280. The van der Waals surface area contributed by atoms with E-state index in [-0.39, 0.29) is 42.8 Å². The number of ether oxygens (including phenoxy) is 1. The van der Waals surface area contributed by atoms with Crippen molar-refractivity contribution in [3.05, 3.63) is 0 Å². The molecule has 0 aromatic rings. The van der Waals surface area contributed by atoms with Gasteiger partial charge in [0.05, 0.1) is 19.6 Å². The Labute approximate surface area is 108 Å². The van der Waals surface area contributed by atoms with Crippen LogP contribution in [0.2, 0.25) is 0 Å². The molecule has 17 heavy (non-hydrogen) atoms. The van der Waals surface area contributed by atoms with Crippen molar-refractivity contribution in [3.8, 4) is 0 Å². The largest absolute Gasteiger partial charge is 0.469 e. The Balaban J connectivity index is 0.00000256. The van der Waals surface area contributed by atoms with Crippen molar-refractivity contribution in [2.45, 2.75) is 44.7 Å². The molecule has 1 saturated heterocycles. The quantitative estimate of drug-likeness (QED) is 0.731. The van der Waals surface area contributed by atoms with Gasteiger partial charge in [-0.3, -0.25) is 9.59 Å². The minimum absolute atomic E-state index is 0. The fourth-order valence-electron chi connectivity index (χ4n) is 1.80. The third-order valence-corrected chi connectivity index (χ3v) is 2.72. The van der Waals surface area contributed by atoms with E-state index in [4.69, 9.17) is 0 Å². The van der Waals surface area contributed by atoms with Crippen LogP contribution in [0.3, 0.4) is 0 Å². The minimum Gasteiger partial charge on any atom is -0.469 e. The Bertz CT molecular complexity index is 255. The van der Waals surface area contributed by atoms with Gasteiger partial charge in [0.1, 0.15) is 0 Å². The van der Waals surface area contributed by atoms with E-state index < -0.39 is 0 Å². The number of piperidine rings is 1. The summed E-state index contributed by atoms with van der Waals surface area (Å²) in [7, 11) is 1.35. The zero-order chi connectivity index (χ0) is 12.0. The molecule has 0 radical (unpaired) electrons. The summed E-state index contributed by atoms with van der Waals surface area (Å²) in [5.74, 6) is -0.319. The van der Waals surface area contributed by atoms with Gasteiger partial charge in [-0.1, -0.05) is 6.42 Å². The minimum atomic E-state index is -0.301. The number of esters is 1. The molecule has 2 atom stereocenters. The van der Waals surface area contributed by atoms with E-state index in [9.17, 15) is 9.59 Å². The number of halogens is 1. The first-order valence-electron chi connectivity index (χ1n) is 5.74. The highest BCUT2D eigenvalue weighted by atomic mass is 35.5. The van der Waals surface area contributed by atoms with E-state index in [0.29, 0.717) is 0 Å². The maximum atomic E-state index is 11.8. The summed E-state index contributed by atoms with van der Waals surface area (Å²) in [4.78, 5) is 22.7. The van der Waals surface area contributed by atoms with Crippen molar-refractivity contribution in [3.63, 3.8) is 0 Å². The molecule has 2 N–H and O–H groups in total. The lowest BCUT2D eigenvalue weighted by Gasteiger charge is -2.24. The molecule has 0 aromatic carbocycles. The molecule has 1 unspecified atom stereocenters. The molecule has 1 aliphatic heterocycles. The number of carbonyl (C=O) groups is 2. The van der Waals surface area contributed by atoms with Gasteiger partial charge in [0.25, 0.3) is 0 Å². The molecule has 5 nitrogen and oxygen atoms in total. The highest BCUT2D eigenvalue weighted by molar-refractivity contribution is 5.85. The number of methoxy groups -OCH3 is 1. The highest BCUT2D eigenvalue weighted by Crippen LogP contribution is 2.07. The molecule has 1 rings (SSSR count). The summed E-state index contributed by atoms with van der Waals surface area (Å²) >= 11 is 0. The summed E-state index contributed by atoms with van der Waals surface area (Å²) in [6.07, 6.45) is 3.30. The molecule has 0 saturated carbocycles. The van der Waals surface area contributed by atoms with Crippen LogP contribution in [0.4, 0.5) is 0 Å². The first kappa shape index (κ1) is 16.2. The Morgan fingerprint density at radius 1 is 1.47 bits per heavy atom. The van der Waals surface area contributed by atoms with Crippen LogP contribution >= 0.6 is 12.4 Å². The van der Waals surface area contributed by atoms with E-state index in [1.54, 1.807) is 6.92 Å². The molecule has 6 heteroatoms. The molecule has 1 heterocycles. The maximum absolute atomic E-state index is 11.8. The second kappa shape index (κ2) is 8.31. The average molecular weight is 265 g/mol. The smallest absolute Gasteiger partial charge is 0.307 e. The molecule has 0 spiro atoms. The number of hydrogen-bond donors (Lipinski definition) is 2. The van der Waals surface area contributed by atoms with Crippen LogP contribution in [0.25, 0.3) is 0 Å². The Kier molecular flexibility index (Phi) is 7.91. The highest BCUT2D eigenvalue weighted by Gasteiger charge is 2.22. The van der Waals surface area contributed by atoms with Gasteiger partial charge in [-0.05, 0) is 26.3 Å². The van der Waals surface area contributed by atoms with Crippen molar-refractivity contribution in [2.75, 3.05) is 13.7 Å². The topological polar surface area (TPSA) is 67.4 Å². The number of nitrogens with one attached hydrogen (secondary N) is 2. The lowest BCUT2D eigenvalue weighted by molar-refractivity contribution is -0.141. The zero-order valence-corrected chi connectivity index (χ0v) is 11.1. The normalized spacial score (nSPS) is 20.9. The second-order valence-corrected chi connectivity index (χ2v) is 4.19. The molecule has 1 amide bonds. The third-order valence-electron chi connectivity index (χ3n) is 2.72. The zero-order valence-electron chi connectivity index (χ0n) is 10.3. The van der Waals surface area contributed by atoms with E-state index in [0.717, 1.165) is 25.8 Å². The SMILES string of the molecule is COC(=O)CC(C)NC(=O)[C@@H]1CCCCN1.Cl. The van der Waals surface area contributed by atoms with Gasteiger partial charge in [0, 0.05) is 6.04 Å². The van der Waals surface area contributed by atoms with Crippen LogP contribution < -0.4 is 10.6 Å². The first-order valence-corrected chi connectivity index (χ1v) is 5.74. The van der Waals surface area contributed by atoms with Crippen LogP contribution in [0.5, 0.6) is 0 Å². The van der Waals surface area contributed by atoms with Gasteiger partial charge in [-0.2, -0.15) is 0 Å². The van der Waals surface area contributed by atoms with Crippen molar-refractivity contribution < 1.29 is 14.3 Å². The molecule has 0 aliphatic carbocycles. The number of amides is 1. The van der Waals surface area contributed by atoms with E-state index in [1.807, 2.05) is 0 Å². The summed E-state index contributed by atoms with van der Waals surface area (Å²) in [5.41, 5.74) is 0. The lowest BCUT2D eigenvalue weighted by atomic mass is 10.0. The van der Waals surface area contributed by atoms with Crippen molar-refractivity contribution in [2.24, 2.45) is 0 Å². The molecule has 0 aromatic heterocycles. The fourth-order valence-corrected chi connectivity index (χ4v) is 1.80. The molecular weight excluding hydrogens is 244 g/mol.